The Balaban J connectivity index is 1.34. The molecule has 0 bridgehead atoms. The Morgan fingerprint density at radius 1 is 0.973 bits per heavy atom. The minimum Gasteiger partial charge on any atom is -0.437 e. The van der Waals surface area contributed by atoms with Gasteiger partial charge >= 0.3 is 0 Å². The van der Waals surface area contributed by atoms with Crippen molar-refractivity contribution in [2.45, 2.75) is 45.7 Å². The van der Waals surface area contributed by atoms with Crippen molar-refractivity contribution in [1.29, 1.82) is 0 Å². The Hall–Kier alpha value is -4.23. The van der Waals surface area contributed by atoms with Crippen molar-refractivity contribution in [3.63, 3.8) is 0 Å². The average molecular weight is 493 g/mol. The minimum atomic E-state index is -0.0562. The second-order valence-electron chi connectivity index (χ2n) is 10.2. The summed E-state index contributed by atoms with van der Waals surface area (Å²) in [5.74, 6) is 1.91. The molecule has 5 aromatic rings. The number of nitrogens with zero attached hydrogens (tertiary/aromatic N) is 3. The number of fused-ring (bicyclic) bond motifs is 1. The number of pyridine rings is 2. The molecule has 2 aromatic carbocycles. The molecule has 5 rings (SSSR count). The Morgan fingerprint density at radius 3 is 2.62 bits per heavy atom. The second kappa shape index (κ2) is 10.4. The van der Waals surface area contributed by atoms with Gasteiger partial charge in [-0.15, -0.1) is 0 Å². The summed E-state index contributed by atoms with van der Waals surface area (Å²) in [5, 5.41) is 6.92. The SMILES string of the molecule is CC(NCc1cccnc1)c1ccc2nc(Nc3cccnc3Oc3ccccc3C(C)(C)C)[nH]c2c1. The average Bonchev–Trinajstić information content (AvgIpc) is 3.30. The molecule has 3 heterocycles. The van der Waals surface area contributed by atoms with Crippen molar-refractivity contribution < 1.29 is 4.74 Å². The van der Waals surface area contributed by atoms with Crippen LogP contribution < -0.4 is 15.4 Å². The molecule has 1 unspecified atom stereocenters. The monoisotopic (exact) mass is 492 g/mol. The number of rotatable bonds is 8. The van der Waals surface area contributed by atoms with E-state index in [9.17, 15) is 0 Å². The maximum atomic E-state index is 6.30. The molecule has 0 saturated carbocycles. The highest BCUT2D eigenvalue weighted by Gasteiger charge is 2.20. The maximum Gasteiger partial charge on any atom is 0.243 e. The lowest BCUT2D eigenvalue weighted by Gasteiger charge is -2.22. The van der Waals surface area contributed by atoms with Crippen molar-refractivity contribution in [2.75, 3.05) is 5.32 Å². The second-order valence-corrected chi connectivity index (χ2v) is 10.2. The maximum absolute atomic E-state index is 6.30. The van der Waals surface area contributed by atoms with E-state index in [-0.39, 0.29) is 11.5 Å². The van der Waals surface area contributed by atoms with Gasteiger partial charge in [-0.2, -0.15) is 0 Å². The van der Waals surface area contributed by atoms with Crippen molar-refractivity contribution >= 4 is 22.7 Å². The van der Waals surface area contributed by atoms with Crippen LogP contribution in [-0.2, 0) is 12.0 Å². The fourth-order valence-electron chi connectivity index (χ4n) is 4.22. The zero-order valence-electron chi connectivity index (χ0n) is 21.6. The molecule has 3 aromatic heterocycles. The van der Waals surface area contributed by atoms with Crippen LogP contribution in [0.15, 0.2) is 85.3 Å². The molecule has 7 heteroatoms. The first kappa shape index (κ1) is 24.5. The van der Waals surface area contributed by atoms with E-state index in [1.807, 2.05) is 48.7 Å². The number of anilines is 2. The minimum absolute atomic E-state index is 0.0562. The summed E-state index contributed by atoms with van der Waals surface area (Å²) in [4.78, 5) is 16.8. The smallest absolute Gasteiger partial charge is 0.243 e. The summed E-state index contributed by atoms with van der Waals surface area (Å²) in [6.07, 6.45) is 5.40. The van der Waals surface area contributed by atoms with Crippen LogP contribution in [0.25, 0.3) is 11.0 Å². The summed E-state index contributed by atoms with van der Waals surface area (Å²) in [6, 6.07) is 22.4. The number of aromatic nitrogens is 4. The van der Waals surface area contributed by atoms with Crippen molar-refractivity contribution in [1.82, 2.24) is 25.3 Å². The summed E-state index contributed by atoms with van der Waals surface area (Å²) in [7, 11) is 0. The highest BCUT2D eigenvalue weighted by molar-refractivity contribution is 5.79. The molecule has 0 fully saturated rings. The summed E-state index contributed by atoms with van der Waals surface area (Å²) >= 11 is 0. The third kappa shape index (κ3) is 5.78. The van der Waals surface area contributed by atoms with E-state index in [2.05, 4.69) is 77.5 Å². The molecule has 0 aliphatic heterocycles. The fourth-order valence-corrected chi connectivity index (χ4v) is 4.22. The lowest BCUT2D eigenvalue weighted by atomic mass is 9.86. The van der Waals surface area contributed by atoms with Gasteiger partial charge in [0.25, 0.3) is 0 Å². The fraction of sp³-hybridized carbons (Fsp3) is 0.233. The van der Waals surface area contributed by atoms with Crippen molar-refractivity contribution in [2.24, 2.45) is 0 Å². The van der Waals surface area contributed by atoms with E-state index in [0.717, 1.165) is 40.1 Å². The Labute approximate surface area is 217 Å². The van der Waals surface area contributed by atoms with Gasteiger partial charge in [0, 0.05) is 36.7 Å². The van der Waals surface area contributed by atoms with E-state index in [4.69, 9.17) is 9.72 Å². The molecule has 0 aliphatic rings. The molecule has 7 nitrogen and oxygen atoms in total. The quantitative estimate of drug-likeness (QED) is 0.215. The Kier molecular flexibility index (Phi) is 6.88. The topological polar surface area (TPSA) is 87.8 Å². The van der Waals surface area contributed by atoms with Crippen LogP contribution in [0, 0.1) is 0 Å². The molecule has 188 valence electrons. The van der Waals surface area contributed by atoms with Gasteiger partial charge in [0.15, 0.2) is 0 Å². The van der Waals surface area contributed by atoms with Crippen molar-refractivity contribution in [3.05, 3.63) is 102 Å². The zero-order valence-corrected chi connectivity index (χ0v) is 21.6. The van der Waals surface area contributed by atoms with Gasteiger partial charge in [-0.05, 0) is 59.9 Å². The summed E-state index contributed by atoms with van der Waals surface area (Å²) in [6.45, 7) is 9.42. The van der Waals surface area contributed by atoms with Crippen LogP contribution in [0.4, 0.5) is 11.6 Å². The number of aromatic amines is 1. The van der Waals surface area contributed by atoms with Gasteiger partial charge in [-0.1, -0.05) is 51.1 Å². The molecular weight excluding hydrogens is 460 g/mol. The number of hydrogen-bond donors (Lipinski definition) is 3. The van der Waals surface area contributed by atoms with Gasteiger partial charge in [0.1, 0.15) is 11.4 Å². The number of benzene rings is 2. The number of ether oxygens (including phenoxy) is 1. The number of para-hydroxylation sites is 1. The van der Waals surface area contributed by atoms with Gasteiger partial charge in [0.2, 0.25) is 11.8 Å². The number of imidazole rings is 1. The molecule has 0 radical (unpaired) electrons. The first-order valence-electron chi connectivity index (χ1n) is 12.5. The molecular formula is C30H32N6O. The molecule has 0 amide bonds. The first-order valence-corrected chi connectivity index (χ1v) is 12.5. The van der Waals surface area contributed by atoms with E-state index in [0.29, 0.717) is 11.8 Å². The zero-order chi connectivity index (χ0) is 25.8. The van der Waals surface area contributed by atoms with Crippen LogP contribution >= 0.6 is 0 Å². The first-order chi connectivity index (χ1) is 17.9. The van der Waals surface area contributed by atoms with E-state index in [1.54, 1.807) is 12.4 Å². The standard InChI is InChI=1S/C30H32N6O/c1-20(33-19-21-9-7-15-31-18-21)22-13-14-24-26(17-22)36-29(34-24)35-25-11-8-16-32-28(25)37-27-12-6-5-10-23(27)30(2,3)4/h5-18,20,33H,19H2,1-4H3,(H2,34,35,36). The predicted octanol–water partition coefficient (Wildman–Crippen LogP) is 7.04. The lowest BCUT2D eigenvalue weighted by Crippen LogP contribution is -2.18. The molecule has 0 spiro atoms. The third-order valence-electron chi connectivity index (χ3n) is 6.27. The largest absolute Gasteiger partial charge is 0.437 e. The molecule has 37 heavy (non-hydrogen) atoms. The van der Waals surface area contributed by atoms with Crippen LogP contribution in [0.1, 0.15) is 50.4 Å². The van der Waals surface area contributed by atoms with Crippen LogP contribution in [0.2, 0.25) is 0 Å². The normalized spacial score (nSPS) is 12.4. The lowest BCUT2D eigenvalue weighted by molar-refractivity contribution is 0.442. The Bertz CT molecular complexity index is 1490. The van der Waals surface area contributed by atoms with Gasteiger partial charge in [-0.25, -0.2) is 9.97 Å². The highest BCUT2D eigenvalue weighted by Crippen LogP contribution is 2.36. The third-order valence-corrected chi connectivity index (χ3v) is 6.27. The van der Waals surface area contributed by atoms with E-state index >= 15 is 0 Å². The Morgan fingerprint density at radius 2 is 1.81 bits per heavy atom. The number of H-pyrrole nitrogens is 1. The van der Waals surface area contributed by atoms with Gasteiger partial charge in [0.05, 0.1) is 11.0 Å². The highest BCUT2D eigenvalue weighted by atomic mass is 16.5. The van der Waals surface area contributed by atoms with Crippen LogP contribution in [-0.4, -0.2) is 19.9 Å². The molecule has 0 aliphatic carbocycles. The predicted molar refractivity (Wildman–Crippen MR) is 148 cm³/mol. The van der Waals surface area contributed by atoms with Crippen LogP contribution in [0.5, 0.6) is 11.6 Å². The molecule has 1 atom stereocenters. The van der Waals surface area contributed by atoms with Gasteiger partial charge < -0.3 is 20.4 Å². The van der Waals surface area contributed by atoms with Gasteiger partial charge in [-0.3, -0.25) is 4.98 Å². The van der Waals surface area contributed by atoms with Crippen molar-refractivity contribution in [3.8, 4) is 11.6 Å². The summed E-state index contributed by atoms with van der Waals surface area (Å²) in [5.41, 5.74) is 5.97. The molecule has 0 saturated heterocycles. The van der Waals surface area contributed by atoms with Crippen LogP contribution in [0.3, 0.4) is 0 Å². The number of nitrogens with one attached hydrogen (secondary N) is 3. The van der Waals surface area contributed by atoms with E-state index in [1.165, 1.54) is 5.56 Å². The molecule has 3 N–H and O–H groups in total. The number of hydrogen-bond acceptors (Lipinski definition) is 6. The van der Waals surface area contributed by atoms with E-state index < -0.39 is 0 Å². The summed E-state index contributed by atoms with van der Waals surface area (Å²) < 4.78 is 6.30.